The highest BCUT2D eigenvalue weighted by atomic mass is 32.1. The van der Waals surface area contributed by atoms with Gasteiger partial charge in [-0.2, -0.15) is 0 Å². The number of nitrogen functional groups attached to an aromatic ring is 1. The van der Waals surface area contributed by atoms with Crippen molar-refractivity contribution in [2.45, 2.75) is 13.0 Å². The molecule has 1 aromatic rings. The van der Waals surface area contributed by atoms with Crippen LogP contribution in [0, 0.1) is 5.92 Å². The summed E-state index contributed by atoms with van der Waals surface area (Å²) in [5.74, 6) is 4.32. The molecule has 7 nitrogen and oxygen atoms in total. The van der Waals surface area contributed by atoms with E-state index in [0.717, 1.165) is 18.7 Å². The molecule has 1 saturated heterocycles. The number of likely N-dealkylation sites (tertiary alicyclic amines) is 1. The molecule has 2 amide bonds. The van der Waals surface area contributed by atoms with E-state index in [0.29, 0.717) is 18.1 Å². The topological polar surface area (TPSA) is 114 Å². The molecule has 18 heavy (non-hydrogen) atoms. The van der Waals surface area contributed by atoms with Gasteiger partial charge in [-0.3, -0.25) is 19.9 Å². The van der Waals surface area contributed by atoms with Crippen molar-refractivity contribution in [3.8, 4) is 0 Å². The van der Waals surface area contributed by atoms with E-state index < -0.39 is 0 Å². The third-order valence-electron chi connectivity index (χ3n) is 2.94. The summed E-state index contributed by atoms with van der Waals surface area (Å²) >= 11 is 1.25. The first-order valence-electron chi connectivity index (χ1n) is 5.57. The number of nitrogens with zero attached hydrogens (tertiary/aromatic N) is 2. The van der Waals surface area contributed by atoms with Crippen molar-refractivity contribution in [1.29, 1.82) is 0 Å². The number of hydrogen-bond acceptors (Lipinski definition) is 6. The van der Waals surface area contributed by atoms with Gasteiger partial charge >= 0.3 is 0 Å². The predicted molar refractivity (Wildman–Crippen MR) is 66.3 cm³/mol. The minimum Gasteiger partial charge on any atom is -0.369 e. The van der Waals surface area contributed by atoms with E-state index in [1.807, 2.05) is 10.8 Å². The molecule has 8 heteroatoms. The summed E-state index contributed by atoms with van der Waals surface area (Å²) in [5.41, 5.74) is 8.12. The average Bonchev–Trinajstić information content (AvgIpc) is 2.98. The van der Waals surface area contributed by atoms with Crippen LogP contribution >= 0.6 is 11.3 Å². The van der Waals surface area contributed by atoms with Gasteiger partial charge in [-0.15, -0.1) is 11.3 Å². The van der Waals surface area contributed by atoms with Gasteiger partial charge in [0, 0.05) is 18.5 Å². The molecule has 1 aliphatic heterocycles. The van der Waals surface area contributed by atoms with Crippen molar-refractivity contribution in [1.82, 2.24) is 15.3 Å². The smallest absolute Gasteiger partial charge is 0.294 e. The maximum Gasteiger partial charge on any atom is 0.294 e. The van der Waals surface area contributed by atoms with Gasteiger partial charge in [-0.25, -0.2) is 10.8 Å². The van der Waals surface area contributed by atoms with Gasteiger partial charge in [-0.1, -0.05) is 0 Å². The molecule has 0 radical (unpaired) electrons. The van der Waals surface area contributed by atoms with Crippen LogP contribution in [-0.4, -0.2) is 34.8 Å². The standard InChI is InChI=1S/C10H15N5O2S/c11-8(16)6-1-2-15(3-6)4-7-5-18-10(13-7)9(17)14-12/h5-6H,1-4,12H2,(H2,11,16)(H,14,17). The number of hydrazine groups is 1. The van der Waals surface area contributed by atoms with E-state index in [9.17, 15) is 9.59 Å². The molecule has 1 atom stereocenters. The number of nitrogens with two attached hydrogens (primary N) is 2. The molecule has 0 saturated carbocycles. The molecule has 1 aromatic heterocycles. The molecule has 1 fully saturated rings. The van der Waals surface area contributed by atoms with Gasteiger partial charge in [0.25, 0.3) is 5.91 Å². The van der Waals surface area contributed by atoms with Crippen molar-refractivity contribution in [3.63, 3.8) is 0 Å². The Kier molecular flexibility index (Phi) is 3.90. The molecule has 0 bridgehead atoms. The Balaban J connectivity index is 1.93. The van der Waals surface area contributed by atoms with E-state index >= 15 is 0 Å². The number of rotatable bonds is 4. The lowest BCUT2D eigenvalue weighted by Gasteiger charge is -2.13. The minimum atomic E-state index is -0.386. The quantitative estimate of drug-likeness (QED) is 0.370. The van der Waals surface area contributed by atoms with Crippen molar-refractivity contribution in [3.05, 3.63) is 16.1 Å². The van der Waals surface area contributed by atoms with Crippen LogP contribution in [0.2, 0.25) is 0 Å². The SMILES string of the molecule is NNC(=O)c1nc(CN2CCC(C(N)=O)C2)cs1. The Bertz CT molecular complexity index is 461. The molecule has 0 aliphatic carbocycles. The second-order valence-electron chi connectivity index (χ2n) is 4.24. The van der Waals surface area contributed by atoms with E-state index in [1.54, 1.807) is 0 Å². The Morgan fingerprint density at radius 3 is 3.00 bits per heavy atom. The lowest BCUT2D eigenvalue weighted by Crippen LogP contribution is -2.30. The molecular formula is C10H15N5O2S. The Morgan fingerprint density at radius 1 is 1.61 bits per heavy atom. The zero-order valence-corrected chi connectivity index (χ0v) is 10.6. The van der Waals surface area contributed by atoms with Gasteiger partial charge in [0.05, 0.1) is 11.6 Å². The first kappa shape index (κ1) is 12.9. The summed E-state index contributed by atoms with van der Waals surface area (Å²) in [6.07, 6.45) is 0.787. The third-order valence-corrected chi connectivity index (χ3v) is 3.83. The van der Waals surface area contributed by atoms with Crippen LogP contribution in [-0.2, 0) is 11.3 Å². The van der Waals surface area contributed by atoms with Gasteiger partial charge in [0.1, 0.15) is 0 Å². The van der Waals surface area contributed by atoms with Crippen LogP contribution in [0.25, 0.3) is 0 Å². The molecule has 0 spiro atoms. The molecule has 1 unspecified atom stereocenters. The van der Waals surface area contributed by atoms with E-state index in [4.69, 9.17) is 11.6 Å². The second kappa shape index (κ2) is 5.42. The van der Waals surface area contributed by atoms with Crippen molar-refractivity contribution in [2.75, 3.05) is 13.1 Å². The Labute approximate surface area is 108 Å². The van der Waals surface area contributed by atoms with Gasteiger partial charge in [0.15, 0.2) is 5.01 Å². The maximum atomic E-state index is 11.2. The summed E-state index contributed by atoms with van der Waals surface area (Å²) in [6, 6.07) is 0. The number of hydrogen-bond donors (Lipinski definition) is 3. The zero-order valence-electron chi connectivity index (χ0n) is 9.76. The zero-order chi connectivity index (χ0) is 13.1. The summed E-state index contributed by atoms with van der Waals surface area (Å²) in [6.45, 7) is 2.10. The summed E-state index contributed by atoms with van der Waals surface area (Å²) in [5, 5.41) is 2.17. The highest BCUT2D eigenvalue weighted by Gasteiger charge is 2.26. The molecule has 2 heterocycles. The van der Waals surface area contributed by atoms with E-state index in [2.05, 4.69) is 9.88 Å². The molecule has 2 rings (SSSR count). The van der Waals surface area contributed by atoms with Gasteiger partial charge in [0.2, 0.25) is 5.91 Å². The van der Waals surface area contributed by atoms with Crippen LogP contribution in [0.4, 0.5) is 0 Å². The number of carbonyl (C=O) groups excluding carboxylic acids is 2. The van der Waals surface area contributed by atoms with Crippen LogP contribution in [0.1, 0.15) is 21.9 Å². The number of primary amides is 1. The largest absolute Gasteiger partial charge is 0.369 e. The van der Waals surface area contributed by atoms with Crippen molar-refractivity contribution >= 4 is 23.2 Å². The fraction of sp³-hybridized carbons (Fsp3) is 0.500. The first-order valence-corrected chi connectivity index (χ1v) is 6.45. The monoisotopic (exact) mass is 269 g/mol. The lowest BCUT2D eigenvalue weighted by atomic mass is 10.1. The average molecular weight is 269 g/mol. The Morgan fingerprint density at radius 2 is 2.39 bits per heavy atom. The summed E-state index contributed by atoms with van der Waals surface area (Å²) < 4.78 is 0. The van der Waals surface area contributed by atoms with Crippen molar-refractivity contribution in [2.24, 2.45) is 17.5 Å². The first-order chi connectivity index (χ1) is 8.60. The van der Waals surface area contributed by atoms with E-state index in [-0.39, 0.29) is 17.7 Å². The van der Waals surface area contributed by atoms with Gasteiger partial charge < -0.3 is 5.73 Å². The van der Waals surface area contributed by atoms with E-state index in [1.165, 1.54) is 11.3 Å². The molecule has 98 valence electrons. The number of amides is 2. The fourth-order valence-electron chi connectivity index (χ4n) is 1.98. The number of aromatic nitrogens is 1. The van der Waals surface area contributed by atoms with Crippen LogP contribution in [0.5, 0.6) is 0 Å². The highest BCUT2D eigenvalue weighted by molar-refractivity contribution is 7.11. The van der Waals surface area contributed by atoms with Crippen LogP contribution in [0.15, 0.2) is 5.38 Å². The molecule has 5 N–H and O–H groups in total. The van der Waals surface area contributed by atoms with Crippen molar-refractivity contribution < 1.29 is 9.59 Å². The summed E-state index contributed by atoms with van der Waals surface area (Å²) in [7, 11) is 0. The lowest BCUT2D eigenvalue weighted by molar-refractivity contribution is -0.121. The number of nitrogens with one attached hydrogen (secondary N) is 1. The normalized spacial score (nSPS) is 19.9. The molecular weight excluding hydrogens is 254 g/mol. The predicted octanol–water partition coefficient (Wildman–Crippen LogP) is -0.946. The molecule has 0 aromatic carbocycles. The fourth-order valence-corrected chi connectivity index (χ4v) is 2.69. The van der Waals surface area contributed by atoms with Crippen LogP contribution in [0.3, 0.4) is 0 Å². The minimum absolute atomic E-state index is 0.0737. The number of thiazole rings is 1. The second-order valence-corrected chi connectivity index (χ2v) is 5.10. The third kappa shape index (κ3) is 2.84. The Hall–Kier alpha value is -1.51. The highest BCUT2D eigenvalue weighted by Crippen LogP contribution is 2.19. The maximum absolute atomic E-state index is 11.2. The van der Waals surface area contributed by atoms with Gasteiger partial charge in [-0.05, 0) is 13.0 Å². The molecule has 1 aliphatic rings. The number of carbonyl (C=O) groups is 2. The summed E-state index contributed by atoms with van der Waals surface area (Å²) in [4.78, 5) is 28.6. The van der Waals surface area contributed by atoms with Crippen LogP contribution < -0.4 is 17.0 Å².